The minimum absolute atomic E-state index is 0.0217. The summed E-state index contributed by atoms with van der Waals surface area (Å²) in [4.78, 5) is 23.9. The van der Waals surface area contributed by atoms with E-state index in [2.05, 4.69) is 5.32 Å². The minimum atomic E-state index is -3.67. The minimum Gasteiger partial charge on any atom is -0.481 e. The number of carbonyl (C=O) groups is 2. The fraction of sp³-hybridized carbons (Fsp3) is 0.125. The number of rotatable bonds is 7. The van der Waals surface area contributed by atoms with Gasteiger partial charge in [0.05, 0.1) is 6.26 Å². The molecule has 3 aromatic carbocycles. The van der Waals surface area contributed by atoms with E-state index in [0.29, 0.717) is 29.5 Å². The van der Waals surface area contributed by atoms with Gasteiger partial charge in [-0.15, -0.1) is 0 Å². The maximum Gasteiger partial charge on any atom is 0.303 e. The molecular formula is C24H25N3O6S. The van der Waals surface area contributed by atoms with Crippen molar-refractivity contribution in [3.63, 3.8) is 0 Å². The molecule has 0 atom stereocenters. The van der Waals surface area contributed by atoms with Crippen molar-refractivity contribution < 1.29 is 27.7 Å². The van der Waals surface area contributed by atoms with Crippen molar-refractivity contribution in [1.82, 2.24) is 0 Å². The first-order valence-corrected chi connectivity index (χ1v) is 11.9. The molecule has 0 spiro atoms. The molecule has 0 saturated heterocycles. The van der Waals surface area contributed by atoms with Gasteiger partial charge in [-0.3, -0.25) is 19.6 Å². The maximum absolute atomic E-state index is 12.9. The predicted octanol–water partition coefficient (Wildman–Crippen LogP) is 3.41. The molecule has 0 aliphatic carbocycles. The largest absolute Gasteiger partial charge is 0.481 e. The van der Waals surface area contributed by atoms with Crippen LogP contribution in [0.3, 0.4) is 0 Å². The molecule has 0 bridgehead atoms. The zero-order chi connectivity index (χ0) is 25.3. The van der Waals surface area contributed by atoms with Gasteiger partial charge in [-0.2, -0.15) is 8.42 Å². The van der Waals surface area contributed by atoms with E-state index in [0.717, 1.165) is 16.7 Å². The van der Waals surface area contributed by atoms with Crippen molar-refractivity contribution in [3.05, 3.63) is 89.5 Å². The van der Waals surface area contributed by atoms with Crippen molar-refractivity contribution in [2.75, 3.05) is 11.6 Å². The fourth-order valence-corrected chi connectivity index (χ4v) is 3.09. The van der Waals surface area contributed by atoms with Gasteiger partial charge < -0.3 is 16.2 Å². The zero-order valence-corrected chi connectivity index (χ0v) is 19.2. The van der Waals surface area contributed by atoms with Crippen LogP contribution >= 0.6 is 0 Å². The Kier molecular flexibility index (Phi) is 9.05. The first-order valence-electron chi connectivity index (χ1n) is 10.0. The number of carbonyl (C=O) groups excluding carboxylic acids is 1. The van der Waals surface area contributed by atoms with Gasteiger partial charge >= 0.3 is 5.97 Å². The van der Waals surface area contributed by atoms with Gasteiger partial charge in [0.15, 0.2) is 0 Å². The summed E-state index contributed by atoms with van der Waals surface area (Å²) in [6, 6.07) is 21.5. The standard InChI is InChI=1S/C23H21N3O3.CH4O3S/c24-22(25)16-9-12-17(13-10-16)26-23(29)20-8-4-3-7-19(20)18-6-2-1-5-15(18)11-14-21(27)28;1-5(2,3)4/h1-10,12-13H,11,14H2,(H3,24,25)(H,26,29)(H,27,28);1H3,(H,2,3,4). The molecule has 3 aromatic rings. The van der Waals surface area contributed by atoms with Crippen molar-refractivity contribution in [3.8, 4) is 11.1 Å². The van der Waals surface area contributed by atoms with Crippen LogP contribution < -0.4 is 11.1 Å². The molecule has 9 nitrogen and oxygen atoms in total. The lowest BCUT2D eigenvalue weighted by Gasteiger charge is -2.14. The van der Waals surface area contributed by atoms with E-state index in [1.165, 1.54) is 0 Å². The molecule has 0 aromatic heterocycles. The topological polar surface area (TPSA) is 171 Å². The molecule has 0 radical (unpaired) electrons. The average molecular weight is 484 g/mol. The fourth-order valence-electron chi connectivity index (χ4n) is 3.09. The molecule has 0 unspecified atom stereocenters. The first-order chi connectivity index (χ1) is 16.0. The van der Waals surface area contributed by atoms with E-state index in [1.807, 2.05) is 36.4 Å². The SMILES string of the molecule is CS(=O)(=O)O.N=C(N)c1ccc(NC(=O)c2ccccc2-c2ccccc2CCC(=O)O)cc1. The molecule has 34 heavy (non-hydrogen) atoms. The smallest absolute Gasteiger partial charge is 0.303 e. The third kappa shape index (κ3) is 8.49. The summed E-state index contributed by atoms with van der Waals surface area (Å²) >= 11 is 0. The predicted molar refractivity (Wildman–Crippen MR) is 131 cm³/mol. The Morgan fingerprint density at radius 3 is 2.03 bits per heavy atom. The van der Waals surface area contributed by atoms with Crippen LogP contribution in [0.1, 0.15) is 27.9 Å². The third-order valence-electron chi connectivity index (χ3n) is 4.54. The van der Waals surface area contributed by atoms with Crippen molar-refractivity contribution in [1.29, 1.82) is 5.41 Å². The number of carboxylic acid groups (broad SMARTS) is 1. The average Bonchev–Trinajstić information content (AvgIpc) is 2.77. The lowest BCUT2D eigenvalue weighted by molar-refractivity contribution is -0.136. The van der Waals surface area contributed by atoms with Gasteiger partial charge in [-0.25, -0.2) is 0 Å². The summed E-state index contributed by atoms with van der Waals surface area (Å²) in [6.07, 6.45) is 1.12. The number of benzene rings is 3. The van der Waals surface area contributed by atoms with Gasteiger partial charge in [0.2, 0.25) is 0 Å². The molecule has 0 heterocycles. The second kappa shape index (κ2) is 11.7. The highest BCUT2D eigenvalue weighted by Gasteiger charge is 2.15. The zero-order valence-electron chi connectivity index (χ0n) is 18.4. The molecule has 0 saturated carbocycles. The highest BCUT2D eigenvalue weighted by molar-refractivity contribution is 7.85. The van der Waals surface area contributed by atoms with Crippen LogP contribution in [-0.2, 0) is 21.3 Å². The molecule has 0 aliphatic rings. The summed E-state index contributed by atoms with van der Waals surface area (Å²) in [5.74, 6) is -1.17. The van der Waals surface area contributed by atoms with E-state index >= 15 is 0 Å². The summed E-state index contributed by atoms with van der Waals surface area (Å²) in [6.45, 7) is 0. The number of hydrogen-bond acceptors (Lipinski definition) is 5. The Balaban J connectivity index is 0.000000739. The van der Waals surface area contributed by atoms with Crippen molar-refractivity contribution in [2.45, 2.75) is 12.8 Å². The summed E-state index contributed by atoms with van der Waals surface area (Å²) in [7, 11) is -3.67. The number of amidine groups is 1. The quantitative estimate of drug-likeness (QED) is 0.195. The van der Waals surface area contributed by atoms with Gasteiger partial charge in [0, 0.05) is 23.2 Å². The molecule has 6 N–H and O–H groups in total. The van der Waals surface area contributed by atoms with E-state index in [-0.39, 0.29) is 18.2 Å². The molecule has 10 heteroatoms. The molecule has 1 amide bonds. The normalized spacial score (nSPS) is 10.5. The third-order valence-corrected chi connectivity index (χ3v) is 4.54. The van der Waals surface area contributed by atoms with Crippen LogP contribution in [0, 0.1) is 5.41 Å². The Hall–Kier alpha value is -4.02. The number of anilines is 1. The van der Waals surface area contributed by atoms with E-state index in [4.69, 9.17) is 20.8 Å². The van der Waals surface area contributed by atoms with Crippen LogP contribution in [0.4, 0.5) is 5.69 Å². The van der Waals surface area contributed by atoms with Gasteiger partial charge in [-0.05, 0) is 53.4 Å². The maximum atomic E-state index is 12.9. The number of nitrogens with one attached hydrogen (secondary N) is 2. The lowest BCUT2D eigenvalue weighted by Crippen LogP contribution is -2.14. The monoisotopic (exact) mass is 483 g/mol. The van der Waals surface area contributed by atoms with E-state index < -0.39 is 16.1 Å². The van der Waals surface area contributed by atoms with Crippen LogP contribution in [0.2, 0.25) is 0 Å². The Labute approximate surface area is 197 Å². The van der Waals surface area contributed by atoms with Gasteiger partial charge in [0.25, 0.3) is 16.0 Å². The second-order valence-corrected chi connectivity index (χ2v) is 8.74. The van der Waals surface area contributed by atoms with Gasteiger partial charge in [-0.1, -0.05) is 42.5 Å². The number of nitrogen functional groups attached to an aromatic ring is 1. The molecule has 3 rings (SSSR count). The summed E-state index contributed by atoms with van der Waals surface area (Å²) in [5, 5.41) is 19.3. The number of amides is 1. The number of hydrogen-bond donors (Lipinski definition) is 5. The van der Waals surface area contributed by atoms with Crippen LogP contribution in [0.5, 0.6) is 0 Å². The van der Waals surface area contributed by atoms with Crippen LogP contribution in [0.15, 0.2) is 72.8 Å². The number of aryl methyl sites for hydroxylation is 1. The summed E-state index contributed by atoms with van der Waals surface area (Å²) < 4.78 is 25.9. The Bertz CT molecular complexity index is 1280. The number of nitrogens with two attached hydrogens (primary N) is 1. The second-order valence-electron chi connectivity index (χ2n) is 7.27. The molecular weight excluding hydrogens is 458 g/mol. The van der Waals surface area contributed by atoms with Crippen LogP contribution in [-0.4, -0.2) is 42.0 Å². The molecule has 0 fully saturated rings. The van der Waals surface area contributed by atoms with E-state index in [9.17, 15) is 18.0 Å². The summed E-state index contributed by atoms with van der Waals surface area (Å²) in [5.41, 5.74) is 9.58. The number of aliphatic carboxylic acids is 1. The Morgan fingerprint density at radius 1 is 0.941 bits per heavy atom. The highest BCUT2D eigenvalue weighted by Crippen LogP contribution is 2.28. The van der Waals surface area contributed by atoms with Crippen LogP contribution in [0.25, 0.3) is 11.1 Å². The van der Waals surface area contributed by atoms with Gasteiger partial charge in [0.1, 0.15) is 5.84 Å². The Morgan fingerprint density at radius 2 is 1.47 bits per heavy atom. The first kappa shape index (κ1) is 26.2. The van der Waals surface area contributed by atoms with E-state index in [1.54, 1.807) is 36.4 Å². The van der Waals surface area contributed by atoms with Crippen molar-refractivity contribution >= 4 is 33.5 Å². The van der Waals surface area contributed by atoms with Crippen molar-refractivity contribution in [2.24, 2.45) is 5.73 Å². The molecule has 0 aliphatic heterocycles. The lowest BCUT2D eigenvalue weighted by atomic mass is 9.93. The number of carboxylic acids is 1. The highest BCUT2D eigenvalue weighted by atomic mass is 32.2. The molecule has 178 valence electrons.